The number of para-hydroxylation sites is 1. The highest BCUT2D eigenvalue weighted by atomic mass is 16.1. The first kappa shape index (κ1) is 15.2. The SMILES string of the molecule is C[C@H](CCc1ccccc1)C(=O)Nc1cnc2ccccc2c1. The topological polar surface area (TPSA) is 42.0 Å². The molecule has 3 nitrogen and oxygen atoms in total. The molecule has 0 aliphatic carbocycles. The van der Waals surface area contributed by atoms with Gasteiger partial charge in [-0.1, -0.05) is 55.5 Å². The van der Waals surface area contributed by atoms with Crippen LogP contribution in [-0.2, 0) is 11.2 Å². The van der Waals surface area contributed by atoms with Crippen LogP contribution in [0.15, 0.2) is 66.9 Å². The number of nitrogens with zero attached hydrogens (tertiary/aromatic N) is 1. The van der Waals surface area contributed by atoms with Crippen molar-refractivity contribution in [2.45, 2.75) is 19.8 Å². The molecule has 116 valence electrons. The molecule has 1 aromatic heterocycles. The molecule has 0 spiro atoms. The molecule has 0 radical (unpaired) electrons. The molecule has 2 aromatic carbocycles. The smallest absolute Gasteiger partial charge is 0.227 e. The summed E-state index contributed by atoms with van der Waals surface area (Å²) in [6.45, 7) is 1.97. The van der Waals surface area contributed by atoms with Crippen molar-refractivity contribution in [2.24, 2.45) is 5.92 Å². The van der Waals surface area contributed by atoms with Gasteiger partial charge in [-0.25, -0.2) is 0 Å². The summed E-state index contributed by atoms with van der Waals surface area (Å²) in [7, 11) is 0. The molecule has 0 saturated heterocycles. The van der Waals surface area contributed by atoms with Gasteiger partial charge in [0.25, 0.3) is 0 Å². The summed E-state index contributed by atoms with van der Waals surface area (Å²) in [4.78, 5) is 16.7. The van der Waals surface area contributed by atoms with Crippen molar-refractivity contribution in [1.82, 2.24) is 4.98 Å². The van der Waals surface area contributed by atoms with Gasteiger partial charge in [-0.3, -0.25) is 9.78 Å². The van der Waals surface area contributed by atoms with Crippen molar-refractivity contribution in [3.8, 4) is 0 Å². The molecule has 23 heavy (non-hydrogen) atoms. The van der Waals surface area contributed by atoms with Crippen LogP contribution in [0.2, 0.25) is 0 Å². The van der Waals surface area contributed by atoms with Crippen LogP contribution in [0.3, 0.4) is 0 Å². The lowest BCUT2D eigenvalue weighted by Gasteiger charge is -2.12. The van der Waals surface area contributed by atoms with Gasteiger partial charge in [0.05, 0.1) is 17.4 Å². The Balaban J connectivity index is 1.60. The van der Waals surface area contributed by atoms with E-state index in [0.717, 1.165) is 29.4 Å². The van der Waals surface area contributed by atoms with Crippen LogP contribution in [0, 0.1) is 5.92 Å². The molecule has 0 fully saturated rings. The van der Waals surface area contributed by atoms with Crippen molar-refractivity contribution in [3.05, 3.63) is 72.4 Å². The average molecular weight is 304 g/mol. The van der Waals surface area contributed by atoms with Gasteiger partial charge in [0.15, 0.2) is 0 Å². The number of fused-ring (bicyclic) bond motifs is 1. The zero-order valence-electron chi connectivity index (χ0n) is 13.2. The number of rotatable bonds is 5. The molecule has 0 aliphatic rings. The molecule has 3 heteroatoms. The second-order valence-corrected chi connectivity index (χ2v) is 5.83. The monoisotopic (exact) mass is 304 g/mol. The van der Waals surface area contributed by atoms with Crippen LogP contribution in [-0.4, -0.2) is 10.9 Å². The summed E-state index contributed by atoms with van der Waals surface area (Å²) < 4.78 is 0. The van der Waals surface area contributed by atoms with E-state index in [1.54, 1.807) is 6.20 Å². The van der Waals surface area contributed by atoms with Gasteiger partial charge in [0, 0.05) is 11.3 Å². The fraction of sp³-hybridized carbons (Fsp3) is 0.200. The summed E-state index contributed by atoms with van der Waals surface area (Å²) in [5.41, 5.74) is 2.95. The van der Waals surface area contributed by atoms with Crippen LogP contribution in [0.25, 0.3) is 10.9 Å². The third-order valence-corrected chi connectivity index (χ3v) is 4.01. The van der Waals surface area contributed by atoms with Crippen molar-refractivity contribution >= 4 is 22.5 Å². The lowest BCUT2D eigenvalue weighted by atomic mass is 10.0. The fourth-order valence-electron chi connectivity index (χ4n) is 2.56. The molecule has 1 amide bonds. The standard InChI is InChI=1S/C20H20N2O/c1-15(11-12-16-7-3-2-4-8-16)20(23)22-18-13-17-9-5-6-10-19(17)21-14-18/h2-10,13-15H,11-12H2,1H3,(H,22,23)/t15-/m1/s1. The summed E-state index contributed by atoms with van der Waals surface area (Å²) in [6, 6.07) is 20.1. The summed E-state index contributed by atoms with van der Waals surface area (Å²) >= 11 is 0. The predicted octanol–water partition coefficient (Wildman–Crippen LogP) is 4.44. The first-order valence-corrected chi connectivity index (χ1v) is 7.92. The van der Waals surface area contributed by atoms with Crippen molar-refractivity contribution in [1.29, 1.82) is 0 Å². The number of benzene rings is 2. The molecule has 1 atom stereocenters. The lowest BCUT2D eigenvalue weighted by Crippen LogP contribution is -2.21. The molecule has 0 unspecified atom stereocenters. The molecule has 0 saturated carbocycles. The van der Waals surface area contributed by atoms with Gasteiger partial charge in [-0.05, 0) is 30.5 Å². The number of hydrogen-bond acceptors (Lipinski definition) is 2. The predicted molar refractivity (Wildman–Crippen MR) is 94.3 cm³/mol. The quantitative estimate of drug-likeness (QED) is 0.757. The molecule has 3 aromatic rings. The molecule has 1 N–H and O–H groups in total. The van der Waals surface area contributed by atoms with Crippen molar-refractivity contribution in [2.75, 3.05) is 5.32 Å². The van der Waals surface area contributed by atoms with Crippen LogP contribution in [0.4, 0.5) is 5.69 Å². The summed E-state index contributed by atoms with van der Waals surface area (Å²) in [6.07, 6.45) is 3.45. The number of aryl methyl sites for hydroxylation is 1. The Kier molecular flexibility index (Phi) is 4.67. The zero-order chi connectivity index (χ0) is 16.1. The van der Waals surface area contributed by atoms with E-state index in [-0.39, 0.29) is 11.8 Å². The Morgan fingerprint density at radius 2 is 1.83 bits per heavy atom. The van der Waals surface area contributed by atoms with E-state index >= 15 is 0 Å². The van der Waals surface area contributed by atoms with E-state index in [2.05, 4.69) is 22.4 Å². The minimum Gasteiger partial charge on any atom is -0.324 e. The van der Waals surface area contributed by atoms with Gasteiger partial charge in [-0.15, -0.1) is 0 Å². The van der Waals surface area contributed by atoms with Gasteiger partial charge in [-0.2, -0.15) is 0 Å². The second-order valence-electron chi connectivity index (χ2n) is 5.83. The molecular formula is C20H20N2O. The normalized spacial score (nSPS) is 12.0. The highest BCUT2D eigenvalue weighted by molar-refractivity contribution is 5.94. The zero-order valence-corrected chi connectivity index (χ0v) is 13.2. The summed E-state index contributed by atoms with van der Waals surface area (Å²) in [5, 5.41) is 4.00. The Bertz CT molecular complexity index is 799. The van der Waals surface area contributed by atoms with E-state index in [9.17, 15) is 4.79 Å². The van der Waals surface area contributed by atoms with E-state index in [1.807, 2.05) is 55.5 Å². The third kappa shape index (κ3) is 3.95. The number of hydrogen-bond donors (Lipinski definition) is 1. The minimum atomic E-state index is -0.0401. The van der Waals surface area contributed by atoms with Gasteiger partial charge >= 0.3 is 0 Å². The number of amides is 1. The number of pyridine rings is 1. The first-order valence-electron chi connectivity index (χ1n) is 7.92. The molecule has 3 rings (SSSR count). The Labute approximate surface area is 136 Å². The summed E-state index contributed by atoms with van der Waals surface area (Å²) in [5.74, 6) is -0.000288. The maximum absolute atomic E-state index is 12.3. The van der Waals surface area contributed by atoms with E-state index in [0.29, 0.717) is 0 Å². The number of carbonyl (C=O) groups is 1. The third-order valence-electron chi connectivity index (χ3n) is 4.01. The Hall–Kier alpha value is -2.68. The van der Waals surface area contributed by atoms with Crippen LogP contribution < -0.4 is 5.32 Å². The maximum atomic E-state index is 12.3. The van der Waals surface area contributed by atoms with Crippen molar-refractivity contribution in [3.63, 3.8) is 0 Å². The number of carbonyl (C=O) groups excluding carboxylic acids is 1. The molecule has 1 heterocycles. The fourth-order valence-corrected chi connectivity index (χ4v) is 2.56. The largest absolute Gasteiger partial charge is 0.324 e. The molecule has 0 aliphatic heterocycles. The van der Waals surface area contributed by atoms with E-state index < -0.39 is 0 Å². The minimum absolute atomic E-state index is 0.0398. The Morgan fingerprint density at radius 1 is 1.09 bits per heavy atom. The number of aromatic nitrogens is 1. The lowest BCUT2D eigenvalue weighted by molar-refractivity contribution is -0.119. The van der Waals surface area contributed by atoms with Crippen molar-refractivity contribution < 1.29 is 4.79 Å². The number of nitrogens with one attached hydrogen (secondary N) is 1. The average Bonchev–Trinajstić information content (AvgIpc) is 2.60. The molecule has 0 bridgehead atoms. The van der Waals surface area contributed by atoms with Gasteiger partial charge < -0.3 is 5.32 Å². The Morgan fingerprint density at radius 3 is 2.65 bits per heavy atom. The first-order chi connectivity index (χ1) is 11.2. The highest BCUT2D eigenvalue weighted by Gasteiger charge is 2.13. The molecular weight excluding hydrogens is 284 g/mol. The second kappa shape index (κ2) is 7.05. The van der Waals surface area contributed by atoms with Gasteiger partial charge in [0.2, 0.25) is 5.91 Å². The van der Waals surface area contributed by atoms with E-state index in [4.69, 9.17) is 0 Å². The highest BCUT2D eigenvalue weighted by Crippen LogP contribution is 2.17. The van der Waals surface area contributed by atoms with Gasteiger partial charge in [0.1, 0.15) is 0 Å². The number of anilines is 1. The van der Waals surface area contributed by atoms with Crippen LogP contribution in [0.5, 0.6) is 0 Å². The maximum Gasteiger partial charge on any atom is 0.227 e. The van der Waals surface area contributed by atoms with E-state index in [1.165, 1.54) is 5.56 Å². The van der Waals surface area contributed by atoms with Crippen LogP contribution in [0.1, 0.15) is 18.9 Å². The van der Waals surface area contributed by atoms with Crippen LogP contribution >= 0.6 is 0 Å².